The number of nitrogens with zero attached hydrogens (tertiary/aromatic N) is 1. The van der Waals surface area contributed by atoms with Gasteiger partial charge in [-0.1, -0.05) is 90.0 Å². The van der Waals surface area contributed by atoms with Gasteiger partial charge in [-0.15, -0.1) is 0 Å². The molecule has 0 amide bonds. The summed E-state index contributed by atoms with van der Waals surface area (Å²) in [5.41, 5.74) is 4.95. The van der Waals surface area contributed by atoms with Gasteiger partial charge in [-0.05, 0) is 46.5 Å². The van der Waals surface area contributed by atoms with Crippen molar-refractivity contribution in [2.24, 2.45) is 0 Å². The summed E-state index contributed by atoms with van der Waals surface area (Å²) in [5.74, 6) is 0. The molecule has 0 spiro atoms. The van der Waals surface area contributed by atoms with E-state index in [1.165, 1.54) is 0 Å². The lowest BCUT2D eigenvalue weighted by Gasteiger charge is -1.99. The maximum Gasteiger partial charge on any atom is 0.0991 e. The van der Waals surface area contributed by atoms with Crippen molar-refractivity contribution in [3.05, 3.63) is 105 Å². The van der Waals surface area contributed by atoms with Crippen LogP contribution >= 0.6 is 23.2 Å². The summed E-state index contributed by atoms with van der Waals surface area (Å²) in [4.78, 5) is 0. The molecule has 0 atom stereocenters. The zero-order valence-electron chi connectivity index (χ0n) is 13.9. The van der Waals surface area contributed by atoms with Crippen molar-refractivity contribution in [3.63, 3.8) is 0 Å². The SMILES string of the molecule is N#Cc1ccc(C=Cc2ccc(C=Cc3ccc(Cl)c(Cl)c3)cc2)cc1. The summed E-state index contributed by atoms with van der Waals surface area (Å²) in [6, 6.07) is 23.4. The predicted octanol–water partition coefficient (Wildman–Crippen LogP) is 7.21. The Balaban J connectivity index is 1.67. The second-order valence-electron chi connectivity index (χ2n) is 5.74. The lowest BCUT2D eigenvalue weighted by molar-refractivity contribution is 1.48. The molecule has 0 fully saturated rings. The Labute approximate surface area is 163 Å². The summed E-state index contributed by atoms with van der Waals surface area (Å²) in [6.07, 6.45) is 8.12. The van der Waals surface area contributed by atoms with Crippen molar-refractivity contribution in [2.45, 2.75) is 0 Å². The third-order valence-corrected chi connectivity index (χ3v) is 4.60. The van der Waals surface area contributed by atoms with Crippen LogP contribution in [0.4, 0.5) is 0 Å². The van der Waals surface area contributed by atoms with E-state index in [9.17, 15) is 0 Å². The van der Waals surface area contributed by atoms with Crippen molar-refractivity contribution in [1.82, 2.24) is 0 Å². The van der Waals surface area contributed by atoms with Gasteiger partial charge in [-0.25, -0.2) is 0 Å². The fraction of sp³-hybridized carbons (Fsp3) is 0. The highest BCUT2D eigenvalue weighted by Gasteiger charge is 1.97. The van der Waals surface area contributed by atoms with E-state index >= 15 is 0 Å². The van der Waals surface area contributed by atoms with E-state index in [0.717, 1.165) is 22.3 Å². The molecule has 0 radical (unpaired) electrons. The highest BCUT2D eigenvalue weighted by atomic mass is 35.5. The van der Waals surface area contributed by atoms with E-state index < -0.39 is 0 Å². The van der Waals surface area contributed by atoms with E-state index in [0.29, 0.717) is 15.6 Å². The van der Waals surface area contributed by atoms with Gasteiger partial charge in [0.15, 0.2) is 0 Å². The summed E-state index contributed by atoms with van der Waals surface area (Å²) in [5, 5.41) is 9.93. The molecule has 0 N–H and O–H groups in total. The Bertz CT molecular complexity index is 992. The summed E-state index contributed by atoms with van der Waals surface area (Å²) >= 11 is 12.0. The van der Waals surface area contributed by atoms with Crippen LogP contribution in [0.3, 0.4) is 0 Å². The molecule has 26 heavy (non-hydrogen) atoms. The van der Waals surface area contributed by atoms with E-state index in [4.69, 9.17) is 28.5 Å². The topological polar surface area (TPSA) is 23.8 Å². The number of nitriles is 1. The average molecular weight is 376 g/mol. The molecule has 3 rings (SSSR count). The van der Waals surface area contributed by atoms with E-state index in [-0.39, 0.29) is 0 Å². The molecule has 3 aromatic carbocycles. The zero-order chi connectivity index (χ0) is 18.4. The molecular formula is C23H15Cl2N. The maximum atomic E-state index is 8.82. The standard InChI is InChI=1S/C23H15Cl2N/c24-22-14-13-20(15-23(22)25)10-7-18-4-1-17(2-5-18)3-6-19-8-11-21(16-26)12-9-19/h1-15H. The van der Waals surface area contributed by atoms with Crippen molar-refractivity contribution in [2.75, 3.05) is 0 Å². The highest BCUT2D eigenvalue weighted by molar-refractivity contribution is 6.42. The van der Waals surface area contributed by atoms with Crippen LogP contribution in [0.1, 0.15) is 27.8 Å². The smallest absolute Gasteiger partial charge is 0.0991 e. The molecule has 126 valence electrons. The minimum absolute atomic E-state index is 0.553. The lowest BCUT2D eigenvalue weighted by Crippen LogP contribution is -1.77. The first-order valence-corrected chi connectivity index (χ1v) is 8.81. The first-order valence-electron chi connectivity index (χ1n) is 8.05. The van der Waals surface area contributed by atoms with Crippen LogP contribution in [0.25, 0.3) is 24.3 Å². The van der Waals surface area contributed by atoms with Crippen LogP contribution in [-0.2, 0) is 0 Å². The van der Waals surface area contributed by atoms with Crippen LogP contribution in [-0.4, -0.2) is 0 Å². The van der Waals surface area contributed by atoms with Gasteiger partial charge >= 0.3 is 0 Å². The third kappa shape index (κ3) is 4.86. The molecular weight excluding hydrogens is 361 g/mol. The summed E-state index contributed by atoms with van der Waals surface area (Å²) in [6.45, 7) is 0. The summed E-state index contributed by atoms with van der Waals surface area (Å²) in [7, 11) is 0. The van der Waals surface area contributed by atoms with Crippen LogP contribution in [0.2, 0.25) is 10.0 Å². The van der Waals surface area contributed by atoms with Gasteiger partial charge in [0.2, 0.25) is 0 Å². The number of rotatable bonds is 4. The lowest BCUT2D eigenvalue weighted by atomic mass is 10.1. The second-order valence-corrected chi connectivity index (χ2v) is 6.56. The average Bonchev–Trinajstić information content (AvgIpc) is 2.68. The fourth-order valence-corrected chi connectivity index (χ4v) is 2.69. The van der Waals surface area contributed by atoms with Crippen LogP contribution < -0.4 is 0 Å². The van der Waals surface area contributed by atoms with Crippen LogP contribution in [0.5, 0.6) is 0 Å². The van der Waals surface area contributed by atoms with Crippen LogP contribution in [0.15, 0.2) is 66.7 Å². The Morgan fingerprint density at radius 2 is 1.00 bits per heavy atom. The first kappa shape index (κ1) is 18.0. The molecule has 0 saturated carbocycles. The molecule has 0 heterocycles. The monoisotopic (exact) mass is 375 g/mol. The molecule has 0 bridgehead atoms. The maximum absolute atomic E-state index is 8.82. The Hall–Kier alpha value is -2.79. The summed E-state index contributed by atoms with van der Waals surface area (Å²) < 4.78 is 0. The van der Waals surface area contributed by atoms with Gasteiger partial charge < -0.3 is 0 Å². The van der Waals surface area contributed by atoms with Gasteiger partial charge in [-0.3, -0.25) is 0 Å². The quantitative estimate of drug-likeness (QED) is 0.442. The van der Waals surface area contributed by atoms with E-state index in [1.54, 1.807) is 6.07 Å². The molecule has 0 aliphatic heterocycles. The van der Waals surface area contributed by atoms with Gasteiger partial charge in [0.25, 0.3) is 0 Å². The second kappa shape index (κ2) is 8.54. The minimum Gasteiger partial charge on any atom is -0.192 e. The fourth-order valence-electron chi connectivity index (χ4n) is 2.39. The molecule has 0 unspecified atom stereocenters. The van der Waals surface area contributed by atoms with Gasteiger partial charge in [-0.2, -0.15) is 5.26 Å². The number of benzene rings is 3. The normalized spacial score (nSPS) is 11.1. The highest BCUT2D eigenvalue weighted by Crippen LogP contribution is 2.23. The molecule has 0 aromatic heterocycles. The molecule has 0 aliphatic carbocycles. The minimum atomic E-state index is 0.553. The number of hydrogen-bond acceptors (Lipinski definition) is 1. The molecule has 3 heteroatoms. The predicted molar refractivity (Wildman–Crippen MR) is 112 cm³/mol. The Morgan fingerprint density at radius 1 is 0.577 bits per heavy atom. The van der Waals surface area contributed by atoms with Crippen molar-refractivity contribution >= 4 is 47.5 Å². The van der Waals surface area contributed by atoms with Crippen molar-refractivity contribution < 1.29 is 0 Å². The van der Waals surface area contributed by atoms with Gasteiger partial charge in [0.1, 0.15) is 0 Å². The number of halogens is 2. The van der Waals surface area contributed by atoms with Gasteiger partial charge in [0.05, 0.1) is 21.7 Å². The first-order chi connectivity index (χ1) is 12.6. The Kier molecular flexibility index (Phi) is 5.92. The number of hydrogen-bond donors (Lipinski definition) is 0. The molecule has 3 aromatic rings. The zero-order valence-corrected chi connectivity index (χ0v) is 15.4. The molecule has 1 nitrogen and oxygen atoms in total. The molecule has 0 aliphatic rings. The van der Waals surface area contributed by atoms with Gasteiger partial charge in [0, 0.05) is 0 Å². The van der Waals surface area contributed by atoms with Crippen LogP contribution in [0, 0.1) is 11.3 Å². The largest absolute Gasteiger partial charge is 0.192 e. The van der Waals surface area contributed by atoms with E-state index in [1.807, 2.05) is 60.7 Å². The Morgan fingerprint density at radius 3 is 1.46 bits per heavy atom. The van der Waals surface area contributed by atoms with Crippen molar-refractivity contribution in [3.8, 4) is 6.07 Å². The van der Waals surface area contributed by atoms with Crippen molar-refractivity contribution in [1.29, 1.82) is 5.26 Å². The third-order valence-electron chi connectivity index (χ3n) is 3.86. The molecule has 0 saturated heterocycles. The van der Waals surface area contributed by atoms with E-state index in [2.05, 4.69) is 30.3 Å².